The average molecular weight is 349 g/mol. The highest BCUT2D eigenvalue weighted by Gasteiger charge is 2.14. The van der Waals surface area contributed by atoms with Crippen LogP contribution in [-0.4, -0.2) is 23.0 Å². The number of anilines is 1. The number of fused-ring (bicyclic) bond motifs is 2. The lowest BCUT2D eigenvalue weighted by Crippen LogP contribution is -2.14. The Labute approximate surface area is 148 Å². The first kappa shape index (κ1) is 15.5. The predicted molar refractivity (Wildman–Crippen MR) is 101 cm³/mol. The minimum Gasteiger partial charge on any atom is -0.497 e. The molecule has 4 rings (SSSR count). The van der Waals surface area contributed by atoms with Crippen LogP contribution in [-0.2, 0) is 0 Å². The smallest absolute Gasteiger partial charge is 0.259 e. The maximum absolute atomic E-state index is 12.7. The topological polar surface area (TPSA) is 64.1 Å². The Morgan fingerprint density at radius 2 is 1.92 bits per heavy atom. The Morgan fingerprint density at radius 1 is 1.08 bits per heavy atom. The molecule has 1 N–H and O–H groups in total. The van der Waals surface area contributed by atoms with Gasteiger partial charge in [-0.15, -0.1) is 0 Å². The molecule has 2 heterocycles. The average Bonchev–Trinajstić information content (AvgIpc) is 3.02. The van der Waals surface area contributed by atoms with Gasteiger partial charge in [-0.05, 0) is 43.3 Å². The summed E-state index contributed by atoms with van der Waals surface area (Å²) in [6.45, 7) is 1.83. The van der Waals surface area contributed by atoms with Gasteiger partial charge in [0.05, 0.1) is 34.1 Å². The van der Waals surface area contributed by atoms with Gasteiger partial charge in [-0.1, -0.05) is 23.5 Å². The van der Waals surface area contributed by atoms with Gasteiger partial charge in [0, 0.05) is 5.39 Å². The van der Waals surface area contributed by atoms with E-state index >= 15 is 0 Å². The minimum atomic E-state index is -0.214. The molecule has 0 saturated carbocycles. The first-order valence-electron chi connectivity index (χ1n) is 7.76. The number of para-hydroxylation sites is 1. The van der Waals surface area contributed by atoms with Crippen molar-refractivity contribution in [2.45, 2.75) is 6.92 Å². The number of rotatable bonds is 3. The summed E-state index contributed by atoms with van der Waals surface area (Å²) in [5, 5.41) is 4.32. The number of thiazole rings is 1. The van der Waals surface area contributed by atoms with Gasteiger partial charge in [-0.2, -0.15) is 0 Å². The molecular formula is C19H15N3O2S. The van der Waals surface area contributed by atoms with Crippen molar-refractivity contribution in [3.05, 3.63) is 59.8 Å². The van der Waals surface area contributed by atoms with E-state index in [0.717, 1.165) is 26.9 Å². The van der Waals surface area contributed by atoms with Crippen LogP contribution in [0.1, 0.15) is 16.1 Å². The van der Waals surface area contributed by atoms with E-state index in [1.807, 2.05) is 55.5 Å². The monoisotopic (exact) mass is 349 g/mol. The molecule has 4 aromatic rings. The molecule has 1 amide bonds. The van der Waals surface area contributed by atoms with Gasteiger partial charge < -0.3 is 4.74 Å². The second kappa shape index (κ2) is 6.14. The fourth-order valence-electron chi connectivity index (χ4n) is 2.70. The maximum atomic E-state index is 12.7. The molecule has 0 bridgehead atoms. The second-order valence-electron chi connectivity index (χ2n) is 5.62. The molecule has 25 heavy (non-hydrogen) atoms. The lowest BCUT2D eigenvalue weighted by Gasteiger charge is -2.08. The SMILES string of the molecule is COc1ccc2nc(C)c(C(=O)Nc3nc4ccccc4s3)cc2c1. The number of aromatic nitrogens is 2. The lowest BCUT2D eigenvalue weighted by atomic mass is 10.1. The van der Waals surface area contributed by atoms with E-state index in [0.29, 0.717) is 16.4 Å². The number of amides is 1. The van der Waals surface area contributed by atoms with Crippen molar-refractivity contribution < 1.29 is 9.53 Å². The zero-order chi connectivity index (χ0) is 17.4. The summed E-state index contributed by atoms with van der Waals surface area (Å²) in [6, 6.07) is 15.2. The van der Waals surface area contributed by atoms with Crippen LogP contribution in [0, 0.1) is 6.92 Å². The van der Waals surface area contributed by atoms with Crippen LogP contribution in [0.15, 0.2) is 48.5 Å². The Kier molecular flexibility index (Phi) is 3.82. The lowest BCUT2D eigenvalue weighted by molar-refractivity contribution is 0.102. The second-order valence-corrected chi connectivity index (χ2v) is 6.65. The molecule has 124 valence electrons. The number of carbonyl (C=O) groups excluding carboxylic acids is 1. The highest BCUT2D eigenvalue weighted by atomic mass is 32.1. The first-order chi connectivity index (χ1) is 12.1. The Balaban J connectivity index is 1.69. The molecule has 0 atom stereocenters. The molecule has 0 aliphatic carbocycles. The number of hydrogen-bond acceptors (Lipinski definition) is 5. The fourth-order valence-corrected chi connectivity index (χ4v) is 3.56. The van der Waals surface area contributed by atoms with E-state index in [9.17, 15) is 4.79 Å². The van der Waals surface area contributed by atoms with E-state index < -0.39 is 0 Å². The van der Waals surface area contributed by atoms with Crippen LogP contribution in [0.25, 0.3) is 21.1 Å². The van der Waals surface area contributed by atoms with Crippen LogP contribution >= 0.6 is 11.3 Å². The Morgan fingerprint density at radius 3 is 2.72 bits per heavy atom. The number of ether oxygens (including phenoxy) is 1. The Bertz CT molecular complexity index is 1070. The van der Waals surface area contributed by atoms with Gasteiger partial charge in [0.2, 0.25) is 0 Å². The van der Waals surface area contributed by atoms with Crippen LogP contribution in [0.5, 0.6) is 5.75 Å². The molecule has 0 radical (unpaired) electrons. The van der Waals surface area contributed by atoms with Crippen molar-refractivity contribution in [1.82, 2.24) is 9.97 Å². The van der Waals surface area contributed by atoms with Crippen molar-refractivity contribution in [1.29, 1.82) is 0 Å². The molecule has 0 aliphatic heterocycles. The summed E-state index contributed by atoms with van der Waals surface area (Å²) < 4.78 is 6.28. The number of benzene rings is 2. The highest BCUT2D eigenvalue weighted by molar-refractivity contribution is 7.22. The van der Waals surface area contributed by atoms with Gasteiger partial charge in [-0.25, -0.2) is 4.98 Å². The summed E-state index contributed by atoms with van der Waals surface area (Å²) in [7, 11) is 1.61. The molecule has 2 aromatic heterocycles. The van der Waals surface area contributed by atoms with E-state index in [1.165, 1.54) is 11.3 Å². The van der Waals surface area contributed by atoms with Crippen molar-refractivity contribution in [3.63, 3.8) is 0 Å². The number of carbonyl (C=O) groups is 1. The summed E-state index contributed by atoms with van der Waals surface area (Å²) >= 11 is 1.45. The molecular weight excluding hydrogens is 334 g/mol. The molecule has 6 heteroatoms. The van der Waals surface area contributed by atoms with Crippen molar-refractivity contribution in [2.75, 3.05) is 12.4 Å². The number of nitrogens with one attached hydrogen (secondary N) is 1. The van der Waals surface area contributed by atoms with E-state index in [4.69, 9.17) is 4.74 Å². The van der Waals surface area contributed by atoms with Crippen LogP contribution in [0.4, 0.5) is 5.13 Å². The van der Waals surface area contributed by atoms with Crippen LogP contribution < -0.4 is 10.1 Å². The number of methoxy groups -OCH3 is 1. The largest absolute Gasteiger partial charge is 0.497 e. The standard InChI is InChI=1S/C19H15N3O2S/c1-11-14(10-12-9-13(24-2)7-8-15(12)20-11)18(23)22-19-21-16-5-3-4-6-17(16)25-19/h3-10H,1-2H3,(H,21,22,23). The molecule has 5 nitrogen and oxygen atoms in total. The normalized spacial score (nSPS) is 11.0. The highest BCUT2D eigenvalue weighted by Crippen LogP contribution is 2.27. The quantitative estimate of drug-likeness (QED) is 0.595. The third kappa shape index (κ3) is 2.92. The van der Waals surface area contributed by atoms with Gasteiger partial charge in [0.15, 0.2) is 5.13 Å². The van der Waals surface area contributed by atoms with Gasteiger partial charge in [0.25, 0.3) is 5.91 Å². The summed E-state index contributed by atoms with van der Waals surface area (Å²) in [5.41, 5.74) is 2.91. The molecule has 0 saturated heterocycles. The van der Waals surface area contributed by atoms with Gasteiger partial charge in [0.1, 0.15) is 5.75 Å². The summed E-state index contributed by atoms with van der Waals surface area (Å²) in [4.78, 5) is 21.7. The van der Waals surface area contributed by atoms with Crippen LogP contribution in [0.3, 0.4) is 0 Å². The predicted octanol–water partition coefficient (Wildman–Crippen LogP) is 4.41. The molecule has 0 unspecified atom stereocenters. The fraction of sp³-hybridized carbons (Fsp3) is 0.105. The minimum absolute atomic E-state index is 0.214. The summed E-state index contributed by atoms with van der Waals surface area (Å²) in [5.74, 6) is 0.518. The van der Waals surface area contributed by atoms with Gasteiger partial charge in [-0.3, -0.25) is 15.1 Å². The van der Waals surface area contributed by atoms with Crippen LogP contribution in [0.2, 0.25) is 0 Å². The first-order valence-corrected chi connectivity index (χ1v) is 8.58. The number of pyridine rings is 1. The van der Waals surface area contributed by atoms with E-state index in [2.05, 4.69) is 15.3 Å². The van der Waals surface area contributed by atoms with E-state index in [1.54, 1.807) is 7.11 Å². The number of hydrogen-bond donors (Lipinski definition) is 1. The van der Waals surface area contributed by atoms with Gasteiger partial charge >= 0.3 is 0 Å². The molecule has 2 aromatic carbocycles. The number of aryl methyl sites for hydroxylation is 1. The third-order valence-electron chi connectivity index (χ3n) is 3.97. The van der Waals surface area contributed by atoms with Crippen molar-refractivity contribution in [2.24, 2.45) is 0 Å². The third-order valence-corrected chi connectivity index (χ3v) is 4.92. The Hall–Kier alpha value is -2.99. The zero-order valence-electron chi connectivity index (χ0n) is 13.7. The molecule has 0 aliphatic rings. The van der Waals surface area contributed by atoms with Crippen molar-refractivity contribution in [3.8, 4) is 5.75 Å². The summed E-state index contributed by atoms with van der Waals surface area (Å²) in [6.07, 6.45) is 0. The van der Waals surface area contributed by atoms with Crippen molar-refractivity contribution >= 4 is 43.5 Å². The van der Waals surface area contributed by atoms with E-state index in [-0.39, 0.29) is 5.91 Å². The zero-order valence-corrected chi connectivity index (χ0v) is 14.6. The maximum Gasteiger partial charge on any atom is 0.259 e. The molecule has 0 fully saturated rings. The number of nitrogens with zero attached hydrogens (tertiary/aromatic N) is 2. The molecule has 0 spiro atoms.